The van der Waals surface area contributed by atoms with Crippen molar-refractivity contribution in [2.45, 2.75) is 157 Å². The maximum atomic E-state index is 13.7. The van der Waals surface area contributed by atoms with Gasteiger partial charge in [0, 0.05) is 86.6 Å². The second-order valence-corrected chi connectivity index (χ2v) is 21.4. The highest BCUT2D eigenvalue weighted by molar-refractivity contribution is 6.02. The second kappa shape index (κ2) is 35.4. The van der Waals surface area contributed by atoms with Crippen molar-refractivity contribution >= 4 is 46.9 Å². The molecule has 4 heterocycles. The summed E-state index contributed by atoms with van der Waals surface area (Å²) in [4.78, 5) is 80.2. The zero-order chi connectivity index (χ0) is 60.9. The third kappa shape index (κ3) is 18.9. The van der Waals surface area contributed by atoms with Crippen LogP contribution in [0.25, 0.3) is 45.0 Å². The van der Waals surface area contributed by atoms with Gasteiger partial charge in [0.1, 0.15) is 25.5 Å². The van der Waals surface area contributed by atoms with Crippen molar-refractivity contribution in [3.8, 4) is 45.0 Å². The molecular weight excluding hydrogens is 1090 g/mol. The van der Waals surface area contributed by atoms with Gasteiger partial charge in [-0.3, -0.25) is 28.8 Å². The van der Waals surface area contributed by atoms with E-state index in [0.29, 0.717) is 89.9 Å². The number of esters is 2. The van der Waals surface area contributed by atoms with Crippen molar-refractivity contribution in [2.24, 2.45) is 0 Å². The van der Waals surface area contributed by atoms with E-state index < -0.39 is 0 Å². The largest absolute Gasteiger partial charge is 0.464 e. The third-order valence-corrected chi connectivity index (χ3v) is 14.8. The van der Waals surface area contributed by atoms with E-state index in [1.807, 2.05) is 116 Å². The maximum absolute atomic E-state index is 13.7. The molecule has 0 spiro atoms. The van der Waals surface area contributed by atoms with Crippen molar-refractivity contribution in [2.75, 3.05) is 62.5 Å². The predicted molar refractivity (Wildman–Crippen MR) is 329 cm³/mol. The quantitative estimate of drug-likeness (QED) is 0.0203. The number of ether oxygens (including phenoxy) is 4. The predicted octanol–water partition coefficient (Wildman–Crippen LogP) is 10.0. The van der Waals surface area contributed by atoms with Crippen LogP contribution < -0.4 is 25.1 Å². The number of carbonyl (C=O) groups excluding carboxylic acids is 6. The first-order chi connectivity index (χ1) is 42.1. The number of H-pyrrole nitrogens is 1. The van der Waals surface area contributed by atoms with Crippen molar-refractivity contribution in [1.82, 2.24) is 35.9 Å². The summed E-state index contributed by atoms with van der Waals surface area (Å²) in [7, 11) is 0. The van der Waals surface area contributed by atoms with Gasteiger partial charge in [-0.1, -0.05) is 149 Å². The van der Waals surface area contributed by atoms with Crippen molar-refractivity contribution in [3.63, 3.8) is 0 Å². The van der Waals surface area contributed by atoms with E-state index in [4.69, 9.17) is 18.9 Å². The van der Waals surface area contributed by atoms with Crippen LogP contribution >= 0.6 is 0 Å². The monoisotopic (exact) mass is 1180 g/mol. The molecule has 0 saturated carbocycles. The molecule has 2 aromatic heterocycles. The van der Waals surface area contributed by atoms with E-state index in [1.165, 1.54) is 0 Å². The highest BCUT2D eigenvalue weighted by Crippen LogP contribution is 2.42. The highest BCUT2D eigenvalue weighted by atomic mass is 16.5. The number of para-hydroxylation sites is 2. The fourth-order valence-electron chi connectivity index (χ4n) is 10.4. The Kier molecular flexibility index (Phi) is 26.9. The number of benzene rings is 4. The average Bonchev–Trinajstić information content (AvgIpc) is 1.58. The minimum atomic E-state index is -0.197. The number of aromatic nitrogens is 6. The Bertz CT molecular complexity index is 3160. The molecule has 0 atom stereocenters. The molecule has 4 aromatic carbocycles. The lowest BCUT2D eigenvalue weighted by molar-refractivity contribution is -0.744. The van der Waals surface area contributed by atoms with Gasteiger partial charge in [-0.2, -0.15) is 4.68 Å². The van der Waals surface area contributed by atoms with Crippen LogP contribution in [-0.2, 0) is 73.9 Å². The van der Waals surface area contributed by atoms with Crippen LogP contribution in [0.4, 0.5) is 11.4 Å². The number of fused-ring (bicyclic) bond motifs is 10. The van der Waals surface area contributed by atoms with E-state index in [-0.39, 0.29) is 74.5 Å². The summed E-state index contributed by atoms with van der Waals surface area (Å²) in [6.45, 7) is 13.2. The summed E-state index contributed by atoms with van der Waals surface area (Å²) in [5, 5.41) is 22.4. The minimum Gasteiger partial charge on any atom is -0.464 e. The fraction of sp³-hybridized carbons (Fsp3) is 0.485. The molecule has 2 aliphatic heterocycles. The number of hydrogen-bond donors (Lipinski definition) is 3. The van der Waals surface area contributed by atoms with Crippen LogP contribution in [0.5, 0.6) is 0 Å². The average molecular weight is 1180 g/mol. The first-order valence-corrected chi connectivity index (χ1v) is 30.9. The Hall–Kier alpha value is -8.10. The molecule has 8 rings (SSSR count). The Labute approximate surface area is 505 Å². The summed E-state index contributed by atoms with van der Waals surface area (Å²) >= 11 is 0. The number of nitrogens with zero attached hydrogens (tertiary/aromatic N) is 7. The molecular formula is C66H87N10O10+. The van der Waals surface area contributed by atoms with Gasteiger partial charge in [-0.25, -0.2) is 4.68 Å². The molecule has 0 aliphatic carbocycles. The topological polar surface area (TPSA) is 233 Å². The number of carbonyl (C=O) groups is 6. The maximum Gasteiger partial charge on any atom is 0.305 e. The highest BCUT2D eigenvalue weighted by Gasteiger charge is 2.34. The van der Waals surface area contributed by atoms with Gasteiger partial charge in [0.25, 0.3) is 5.69 Å². The Balaban J connectivity index is 0.000000246. The van der Waals surface area contributed by atoms with E-state index in [2.05, 4.69) is 45.1 Å². The first-order valence-electron chi connectivity index (χ1n) is 30.9. The molecule has 2 aliphatic rings. The Morgan fingerprint density at radius 2 is 1.01 bits per heavy atom. The number of aromatic amines is 1. The molecule has 20 heteroatoms. The molecule has 0 unspecified atom stereocenters. The SMILES string of the molecule is CCCCCCC(=O)OCC[n+]1[nH]nc2c1-c1ccccc1N(C(=O)CCC(=O)NCCOCCC)Cc1ccccc1-2.CCCCCCC(=O)OCCn1nnc2c1-c1ccccc1CN(C(=O)CCC(=O)NCCOCCC)c1ccccc1-2. The van der Waals surface area contributed by atoms with Gasteiger partial charge in [0.15, 0.2) is 0 Å². The molecule has 4 amide bonds. The number of nitrogens with one attached hydrogen (secondary N) is 3. The van der Waals surface area contributed by atoms with Gasteiger partial charge < -0.3 is 39.4 Å². The van der Waals surface area contributed by atoms with Gasteiger partial charge in [-0.05, 0) is 61.1 Å². The standard InChI is InChI=1S/2C33H43N5O5/c1-3-5-6-7-16-31(41)43-23-20-38-33-26-13-9-8-12-25(26)24-37(28-15-11-10-14-27(28)32(33)35-36-38)30(40)18-17-29(39)34-19-22-42-21-4-2;1-3-5-6-7-16-31(41)43-23-20-38-33-27-14-10-11-15-28(27)37(24-25-12-8-9-13-26(25)32(33)35-36-38)30(40)18-17-29(39)34-19-22-42-21-4-2/h2*8-15H,3-7,16-24H2,1-2H3,(H,34,39)/p+1. The van der Waals surface area contributed by atoms with Gasteiger partial charge >= 0.3 is 11.9 Å². The summed E-state index contributed by atoms with van der Waals surface area (Å²) in [5.74, 6) is -1.04. The van der Waals surface area contributed by atoms with E-state index >= 15 is 0 Å². The molecule has 6 aromatic rings. The van der Waals surface area contributed by atoms with Crippen LogP contribution in [0.3, 0.4) is 0 Å². The lowest BCUT2D eigenvalue weighted by Gasteiger charge is -2.28. The summed E-state index contributed by atoms with van der Waals surface area (Å²) in [5.41, 5.74) is 9.80. The van der Waals surface area contributed by atoms with Crippen LogP contribution in [-0.4, -0.2) is 114 Å². The lowest BCUT2D eigenvalue weighted by Crippen LogP contribution is -2.41. The molecule has 3 N–H and O–H groups in total. The molecule has 0 radical (unpaired) electrons. The summed E-state index contributed by atoms with van der Waals surface area (Å²) in [6.07, 6.45) is 11.2. The van der Waals surface area contributed by atoms with Gasteiger partial charge in [0.2, 0.25) is 29.3 Å². The van der Waals surface area contributed by atoms with Crippen molar-refractivity contribution in [3.05, 3.63) is 108 Å². The van der Waals surface area contributed by atoms with Crippen LogP contribution in [0.2, 0.25) is 0 Å². The Morgan fingerprint density at radius 1 is 0.512 bits per heavy atom. The van der Waals surface area contributed by atoms with E-state index in [1.54, 1.807) is 14.5 Å². The number of hydrogen-bond acceptors (Lipinski definition) is 13. The summed E-state index contributed by atoms with van der Waals surface area (Å²) < 4.78 is 25.5. The number of unbranched alkanes of at least 4 members (excludes halogenated alkanes) is 6. The van der Waals surface area contributed by atoms with Gasteiger partial charge in [-0.15, -0.1) is 5.10 Å². The van der Waals surface area contributed by atoms with Crippen molar-refractivity contribution < 1.29 is 52.4 Å². The van der Waals surface area contributed by atoms with Crippen LogP contribution in [0.1, 0.15) is 142 Å². The van der Waals surface area contributed by atoms with E-state index in [0.717, 1.165) is 120 Å². The molecule has 20 nitrogen and oxygen atoms in total. The zero-order valence-corrected chi connectivity index (χ0v) is 50.7. The fourth-order valence-corrected chi connectivity index (χ4v) is 10.4. The minimum absolute atomic E-state index is 0.0709. The molecule has 0 bridgehead atoms. The molecule has 0 fully saturated rings. The van der Waals surface area contributed by atoms with E-state index in [9.17, 15) is 28.8 Å². The number of rotatable bonds is 32. The van der Waals surface area contributed by atoms with Crippen molar-refractivity contribution in [1.29, 1.82) is 0 Å². The third-order valence-electron chi connectivity index (χ3n) is 14.8. The lowest BCUT2D eigenvalue weighted by atomic mass is 9.95. The number of amides is 4. The number of anilines is 2. The first kappa shape index (κ1) is 65.4. The van der Waals surface area contributed by atoms with Crippen LogP contribution in [0.15, 0.2) is 97.1 Å². The Morgan fingerprint density at radius 3 is 1.58 bits per heavy atom. The normalized spacial score (nSPS) is 12.0. The second-order valence-electron chi connectivity index (χ2n) is 21.4. The molecule has 86 heavy (non-hydrogen) atoms. The molecule has 460 valence electrons. The van der Waals surface area contributed by atoms with Gasteiger partial charge in [0.05, 0.1) is 55.5 Å². The zero-order valence-electron chi connectivity index (χ0n) is 50.7. The summed E-state index contributed by atoms with van der Waals surface area (Å²) in [6, 6.07) is 31.1. The van der Waals surface area contributed by atoms with Crippen LogP contribution in [0, 0.1) is 0 Å². The molecule has 0 saturated heterocycles. The smallest absolute Gasteiger partial charge is 0.305 e.